The van der Waals surface area contributed by atoms with Gasteiger partial charge in [0.15, 0.2) is 0 Å². The topological polar surface area (TPSA) is 72.9 Å². The Morgan fingerprint density at radius 3 is 2.60 bits per heavy atom. The molecule has 0 fully saturated rings. The summed E-state index contributed by atoms with van der Waals surface area (Å²) in [5.74, 6) is -0.829. The number of nitrogens with zero attached hydrogens (tertiary/aromatic N) is 4. The van der Waals surface area contributed by atoms with Crippen molar-refractivity contribution in [2.45, 2.75) is 40.2 Å². The van der Waals surface area contributed by atoms with Gasteiger partial charge in [-0.15, -0.1) is 0 Å². The molecule has 1 N–H and O–H groups in total. The van der Waals surface area contributed by atoms with Crippen LogP contribution in [0.4, 0.5) is 0 Å². The minimum Gasteiger partial charge on any atom is -0.481 e. The third kappa shape index (κ3) is 2.74. The van der Waals surface area contributed by atoms with E-state index < -0.39 is 5.97 Å². The molecule has 0 bridgehead atoms. The maximum atomic E-state index is 10.9. The lowest BCUT2D eigenvalue weighted by atomic mass is 10.1. The minimum atomic E-state index is -0.829. The Morgan fingerprint density at radius 1 is 1.35 bits per heavy atom. The van der Waals surface area contributed by atoms with E-state index in [0.29, 0.717) is 6.54 Å². The van der Waals surface area contributed by atoms with E-state index in [1.165, 1.54) is 0 Å². The number of carboxylic acid groups (broad SMARTS) is 1. The lowest BCUT2D eigenvalue weighted by Crippen LogP contribution is -2.09. The van der Waals surface area contributed by atoms with Gasteiger partial charge in [-0.2, -0.15) is 10.2 Å². The molecule has 2 aromatic heterocycles. The lowest BCUT2D eigenvalue weighted by molar-refractivity contribution is -0.136. The molecule has 6 nitrogen and oxygen atoms in total. The van der Waals surface area contributed by atoms with Crippen molar-refractivity contribution in [3.8, 4) is 0 Å². The van der Waals surface area contributed by atoms with Gasteiger partial charge in [-0.05, 0) is 26.3 Å². The largest absolute Gasteiger partial charge is 0.481 e. The third-order valence-electron chi connectivity index (χ3n) is 3.56. The Labute approximate surface area is 118 Å². The fourth-order valence-corrected chi connectivity index (χ4v) is 2.34. The summed E-state index contributed by atoms with van der Waals surface area (Å²) >= 11 is 0. The second-order valence-corrected chi connectivity index (χ2v) is 4.98. The first kappa shape index (κ1) is 14.3. The smallest absolute Gasteiger partial charge is 0.307 e. The second kappa shape index (κ2) is 5.48. The first-order chi connectivity index (χ1) is 9.42. The highest BCUT2D eigenvalue weighted by molar-refractivity contribution is 5.70. The van der Waals surface area contributed by atoms with Crippen molar-refractivity contribution in [3.05, 3.63) is 34.4 Å². The van der Waals surface area contributed by atoms with Crippen LogP contribution in [0.25, 0.3) is 0 Å². The number of aliphatic carboxylic acids is 1. The van der Waals surface area contributed by atoms with Crippen LogP contribution in [0.1, 0.15) is 35.3 Å². The summed E-state index contributed by atoms with van der Waals surface area (Å²) in [6, 6.07) is 2.06. The monoisotopic (exact) mass is 276 g/mol. The summed E-state index contributed by atoms with van der Waals surface area (Å²) in [5.41, 5.74) is 4.60. The van der Waals surface area contributed by atoms with Crippen molar-refractivity contribution < 1.29 is 9.90 Å². The number of carbonyl (C=O) groups is 1. The predicted molar refractivity (Wildman–Crippen MR) is 74.7 cm³/mol. The van der Waals surface area contributed by atoms with E-state index in [-0.39, 0.29) is 6.42 Å². The zero-order valence-electron chi connectivity index (χ0n) is 12.3. The van der Waals surface area contributed by atoms with Gasteiger partial charge >= 0.3 is 5.97 Å². The molecule has 0 radical (unpaired) electrons. The standard InChI is InChI=1S/C14H20N4O2/c1-5-11-6-12(17(4)16-11)8-18-10(3)13(7-14(19)20)9(2)15-18/h6H,5,7-8H2,1-4H3,(H,19,20). The van der Waals surface area contributed by atoms with Gasteiger partial charge in [-0.25, -0.2) is 0 Å². The Kier molecular flexibility index (Phi) is 3.92. The Balaban J connectivity index is 2.29. The molecule has 108 valence electrons. The summed E-state index contributed by atoms with van der Waals surface area (Å²) in [4.78, 5) is 10.9. The highest BCUT2D eigenvalue weighted by atomic mass is 16.4. The maximum Gasteiger partial charge on any atom is 0.307 e. The maximum absolute atomic E-state index is 10.9. The van der Waals surface area contributed by atoms with E-state index in [4.69, 9.17) is 5.11 Å². The van der Waals surface area contributed by atoms with Crippen molar-refractivity contribution in [1.82, 2.24) is 19.6 Å². The molecule has 6 heteroatoms. The minimum absolute atomic E-state index is 0.0171. The first-order valence-corrected chi connectivity index (χ1v) is 6.68. The van der Waals surface area contributed by atoms with E-state index in [9.17, 15) is 4.79 Å². The average Bonchev–Trinajstić information content (AvgIpc) is 2.85. The van der Waals surface area contributed by atoms with Crippen LogP contribution < -0.4 is 0 Å². The van der Waals surface area contributed by atoms with Gasteiger partial charge in [0, 0.05) is 18.3 Å². The fourth-order valence-electron chi connectivity index (χ4n) is 2.34. The summed E-state index contributed by atoms with van der Waals surface area (Å²) in [5, 5.41) is 17.8. The Hall–Kier alpha value is -2.11. The highest BCUT2D eigenvalue weighted by Crippen LogP contribution is 2.16. The Morgan fingerprint density at radius 2 is 2.05 bits per heavy atom. The van der Waals surface area contributed by atoms with Crippen molar-refractivity contribution in [1.29, 1.82) is 0 Å². The van der Waals surface area contributed by atoms with Crippen molar-refractivity contribution in [2.24, 2.45) is 7.05 Å². The molecule has 0 spiro atoms. The van der Waals surface area contributed by atoms with Crippen LogP contribution >= 0.6 is 0 Å². The van der Waals surface area contributed by atoms with Crippen LogP contribution in [-0.2, 0) is 31.2 Å². The SMILES string of the molecule is CCc1cc(Cn2nc(C)c(CC(=O)O)c2C)n(C)n1. The van der Waals surface area contributed by atoms with Crippen molar-refractivity contribution in [3.63, 3.8) is 0 Å². The van der Waals surface area contributed by atoms with Gasteiger partial charge in [0.25, 0.3) is 0 Å². The fraction of sp³-hybridized carbons (Fsp3) is 0.500. The number of aromatic nitrogens is 4. The summed E-state index contributed by atoms with van der Waals surface area (Å²) < 4.78 is 3.70. The quantitative estimate of drug-likeness (QED) is 0.897. The second-order valence-electron chi connectivity index (χ2n) is 4.98. The Bertz CT molecular complexity index is 640. The highest BCUT2D eigenvalue weighted by Gasteiger charge is 2.15. The zero-order chi connectivity index (χ0) is 14.9. The van der Waals surface area contributed by atoms with Crippen LogP contribution in [0.3, 0.4) is 0 Å². The number of carboxylic acids is 1. The zero-order valence-corrected chi connectivity index (χ0v) is 12.3. The van der Waals surface area contributed by atoms with Crippen LogP contribution in [-0.4, -0.2) is 30.6 Å². The van der Waals surface area contributed by atoms with E-state index in [1.54, 1.807) is 0 Å². The van der Waals surface area contributed by atoms with E-state index in [2.05, 4.69) is 23.2 Å². The summed E-state index contributed by atoms with van der Waals surface area (Å²) in [7, 11) is 1.92. The molecule has 2 aromatic rings. The molecule has 0 aliphatic carbocycles. The van der Waals surface area contributed by atoms with Gasteiger partial charge in [0.05, 0.1) is 30.0 Å². The van der Waals surface area contributed by atoms with Crippen LogP contribution in [0.15, 0.2) is 6.07 Å². The lowest BCUT2D eigenvalue weighted by Gasteiger charge is -2.05. The molecule has 0 saturated carbocycles. The molecule has 2 heterocycles. The van der Waals surface area contributed by atoms with Gasteiger partial charge in [-0.1, -0.05) is 6.92 Å². The molecular formula is C14H20N4O2. The van der Waals surface area contributed by atoms with Gasteiger partial charge < -0.3 is 5.11 Å². The molecule has 0 saturated heterocycles. The van der Waals surface area contributed by atoms with E-state index in [0.717, 1.165) is 34.8 Å². The molecule has 0 amide bonds. The normalized spacial score (nSPS) is 11.0. The average molecular weight is 276 g/mol. The number of rotatable bonds is 5. The predicted octanol–water partition coefficient (Wildman–Crippen LogP) is 1.47. The van der Waals surface area contributed by atoms with Crippen molar-refractivity contribution in [2.75, 3.05) is 0 Å². The molecule has 0 aromatic carbocycles. The van der Waals surface area contributed by atoms with Crippen LogP contribution in [0, 0.1) is 13.8 Å². The van der Waals surface area contributed by atoms with Crippen LogP contribution in [0.5, 0.6) is 0 Å². The van der Waals surface area contributed by atoms with Crippen molar-refractivity contribution >= 4 is 5.97 Å². The molecule has 0 atom stereocenters. The van der Waals surface area contributed by atoms with Gasteiger partial charge in [0.1, 0.15) is 0 Å². The molecule has 0 aliphatic rings. The molecule has 0 unspecified atom stereocenters. The first-order valence-electron chi connectivity index (χ1n) is 6.68. The molecule has 0 aliphatic heterocycles. The summed E-state index contributed by atoms with van der Waals surface area (Å²) in [6.45, 7) is 6.44. The molecule has 20 heavy (non-hydrogen) atoms. The van der Waals surface area contributed by atoms with Crippen LogP contribution in [0.2, 0.25) is 0 Å². The molecular weight excluding hydrogens is 256 g/mol. The van der Waals surface area contributed by atoms with Gasteiger partial charge in [0.2, 0.25) is 0 Å². The van der Waals surface area contributed by atoms with E-state index in [1.807, 2.05) is 30.3 Å². The summed E-state index contributed by atoms with van der Waals surface area (Å²) in [6.07, 6.45) is 0.915. The number of hydrogen-bond donors (Lipinski definition) is 1. The number of aryl methyl sites for hydroxylation is 3. The van der Waals surface area contributed by atoms with E-state index >= 15 is 0 Å². The number of hydrogen-bond acceptors (Lipinski definition) is 3. The third-order valence-corrected chi connectivity index (χ3v) is 3.56. The van der Waals surface area contributed by atoms with Gasteiger partial charge in [-0.3, -0.25) is 14.2 Å². The molecule has 2 rings (SSSR count).